The van der Waals surface area contributed by atoms with E-state index in [1.165, 1.54) is 15.4 Å². The van der Waals surface area contributed by atoms with Gasteiger partial charge in [-0.25, -0.2) is 4.98 Å². The minimum atomic E-state index is 0.741. The predicted molar refractivity (Wildman–Crippen MR) is 67.5 cm³/mol. The first-order valence-electron chi connectivity index (χ1n) is 5.01. The lowest BCUT2D eigenvalue weighted by molar-refractivity contribution is 0.816. The lowest BCUT2D eigenvalue weighted by atomic mass is 10.2. The number of aromatic nitrogens is 1. The van der Waals surface area contributed by atoms with Gasteiger partial charge in [0.25, 0.3) is 0 Å². The molecule has 0 amide bonds. The van der Waals surface area contributed by atoms with Gasteiger partial charge in [0.1, 0.15) is 5.01 Å². The van der Waals surface area contributed by atoms with Crippen LogP contribution in [0.3, 0.4) is 0 Å². The zero-order valence-electron chi connectivity index (χ0n) is 8.69. The van der Waals surface area contributed by atoms with Gasteiger partial charge >= 0.3 is 0 Å². The van der Waals surface area contributed by atoms with Gasteiger partial charge in [-0.3, -0.25) is 0 Å². The molecule has 0 aliphatic rings. The summed E-state index contributed by atoms with van der Waals surface area (Å²) in [6.07, 6.45) is 2.02. The monoisotopic (exact) mass is 238 g/mol. The number of nitrogens with zero attached hydrogens (tertiary/aromatic N) is 1. The summed E-state index contributed by atoms with van der Waals surface area (Å²) < 4.78 is 0. The summed E-state index contributed by atoms with van der Waals surface area (Å²) in [5, 5.41) is 3.28. The molecule has 0 aliphatic carbocycles. The first kappa shape index (κ1) is 10.8. The predicted octanol–water partition coefficient (Wildman–Crippen LogP) is 3.07. The summed E-state index contributed by atoms with van der Waals surface area (Å²) in [6.45, 7) is 2.86. The van der Waals surface area contributed by atoms with E-state index < -0.39 is 0 Å². The Balaban J connectivity index is 2.13. The van der Waals surface area contributed by atoms with E-state index in [-0.39, 0.29) is 0 Å². The van der Waals surface area contributed by atoms with E-state index in [0.29, 0.717) is 0 Å². The number of nitrogens with two attached hydrogens (primary N) is 1. The highest BCUT2D eigenvalue weighted by atomic mass is 32.1. The molecule has 15 heavy (non-hydrogen) atoms. The van der Waals surface area contributed by atoms with Crippen LogP contribution in [0.2, 0.25) is 0 Å². The van der Waals surface area contributed by atoms with Crippen LogP contribution in [-0.4, -0.2) is 11.5 Å². The highest BCUT2D eigenvalue weighted by Gasteiger charge is 2.06. The summed E-state index contributed by atoms with van der Waals surface area (Å²) >= 11 is 3.53. The number of thiophene rings is 1. The van der Waals surface area contributed by atoms with E-state index in [4.69, 9.17) is 5.73 Å². The lowest BCUT2D eigenvalue weighted by Crippen LogP contribution is -2.00. The second-order valence-electron chi connectivity index (χ2n) is 3.45. The standard InChI is InChI=1S/C11H14N2S2/c1-8-4-5-10(15-8)11-13-9(7-14-11)3-2-6-12/h4-5,7H,2-3,6,12H2,1H3. The van der Waals surface area contributed by atoms with Crippen molar-refractivity contribution in [2.75, 3.05) is 6.54 Å². The van der Waals surface area contributed by atoms with Crippen LogP contribution in [-0.2, 0) is 6.42 Å². The Morgan fingerprint density at radius 3 is 2.93 bits per heavy atom. The van der Waals surface area contributed by atoms with Gasteiger partial charge in [-0.15, -0.1) is 22.7 Å². The van der Waals surface area contributed by atoms with Crippen molar-refractivity contribution in [2.24, 2.45) is 5.73 Å². The largest absolute Gasteiger partial charge is 0.330 e. The van der Waals surface area contributed by atoms with Gasteiger partial charge in [-0.05, 0) is 38.4 Å². The average Bonchev–Trinajstić information content (AvgIpc) is 2.83. The number of thiazole rings is 1. The van der Waals surface area contributed by atoms with E-state index in [0.717, 1.165) is 24.4 Å². The summed E-state index contributed by atoms with van der Waals surface area (Å²) in [5.41, 5.74) is 6.65. The maximum Gasteiger partial charge on any atom is 0.133 e. The van der Waals surface area contributed by atoms with Gasteiger partial charge < -0.3 is 5.73 Å². The molecule has 0 aromatic carbocycles. The third-order valence-electron chi connectivity index (χ3n) is 2.14. The Kier molecular flexibility index (Phi) is 3.51. The van der Waals surface area contributed by atoms with Crippen molar-refractivity contribution in [3.8, 4) is 9.88 Å². The van der Waals surface area contributed by atoms with Crippen molar-refractivity contribution in [3.05, 3.63) is 28.1 Å². The van der Waals surface area contributed by atoms with E-state index in [2.05, 4.69) is 29.4 Å². The highest BCUT2D eigenvalue weighted by molar-refractivity contribution is 7.21. The molecule has 2 aromatic rings. The van der Waals surface area contributed by atoms with E-state index in [1.807, 2.05) is 0 Å². The van der Waals surface area contributed by atoms with Crippen LogP contribution in [0.15, 0.2) is 17.5 Å². The van der Waals surface area contributed by atoms with Gasteiger partial charge in [0.2, 0.25) is 0 Å². The van der Waals surface area contributed by atoms with Gasteiger partial charge in [0.05, 0.1) is 10.6 Å². The fourth-order valence-electron chi connectivity index (χ4n) is 1.37. The molecule has 4 heteroatoms. The first-order valence-corrected chi connectivity index (χ1v) is 6.70. The molecule has 0 fully saturated rings. The van der Waals surface area contributed by atoms with Gasteiger partial charge in [0.15, 0.2) is 0 Å². The maximum atomic E-state index is 5.48. The molecule has 0 atom stereocenters. The molecular formula is C11H14N2S2. The van der Waals surface area contributed by atoms with Crippen LogP contribution >= 0.6 is 22.7 Å². The van der Waals surface area contributed by atoms with Crippen molar-refractivity contribution in [1.29, 1.82) is 0 Å². The molecule has 2 rings (SSSR count). The number of hydrogen-bond acceptors (Lipinski definition) is 4. The minimum absolute atomic E-state index is 0.741. The molecule has 0 radical (unpaired) electrons. The van der Waals surface area contributed by atoms with Crippen molar-refractivity contribution in [3.63, 3.8) is 0 Å². The van der Waals surface area contributed by atoms with Crippen molar-refractivity contribution in [1.82, 2.24) is 4.98 Å². The van der Waals surface area contributed by atoms with E-state index in [9.17, 15) is 0 Å². The molecular weight excluding hydrogens is 224 g/mol. The van der Waals surface area contributed by atoms with Crippen molar-refractivity contribution >= 4 is 22.7 Å². The molecule has 0 aliphatic heterocycles. The second-order valence-corrected chi connectivity index (χ2v) is 5.59. The Morgan fingerprint density at radius 1 is 1.40 bits per heavy atom. The SMILES string of the molecule is Cc1ccc(-c2nc(CCCN)cs2)s1. The third-order valence-corrected chi connectivity index (χ3v) is 4.20. The second kappa shape index (κ2) is 4.88. The molecule has 0 saturated carbocycles. The molecule has 0 saturated heterocycles. The molecule has 2 aromatic heterocycles. The van der Waals surface area contributed by atoms with Crippen LogP contribution < -0.4 is 5.73 Å². The molecule has 0 unspecified atom stereocenters. The summed E-state index contributed by atoms with van der Waals surface area (Å²) in [4.78, 5) is 7.22. The highest BCUT2D eigenvalue weighted by Crippen LogP contribution is 2.30. The van der Waals surface area contributed by atoms with Crippen LogP contribution in [0, 0.1) is 6.92 Å². The Morgan fingerprint density at radius 2 is 2.27 bits per heavy atom. The Labute approximate surface area is 97.8 Å². The third kappa shape index (κ3) is 2.65. The van der Waals surface area contributed by atoms with Gasteiger partial charge in [-0.2, -0.15) is 0 Å². The zero-order valence-corrected chi connectivity index (χ0v) is 10.3. The van der Waals surface area contributed by atoms with Gasteiger partial charge in [0, 0.05) is 10.3 Å². The molecule has 2 N–H and O–H groups in total. The quantitative estimate of drug-likeness (QED) is 0.889. The van der Waals surface area contributed by atoms with Crippen molar-refractivity contribution in [2.45, 2.75) is 19.8 Å². The Bertz CT molecular complexity index is 431. The van der Waals surface area contributed by atoms with Crippen molar-refractivity contribution < 1.29 is 0 Å². The average molecular weight is 238 g/mol. The van der Waals surface area contributed by atoms with Crippen LogP contribution in [0.4, 0.5) is 0 Å². The fraction of sp³-hybridized carbons (Fsp3) is 0.364. The fourth-order valence-corrected chi connectivity index (χ4v) is 3.16. The van der Waals surface area contributed by atoms with Crippen LogP contribution in [0.1, 0.15) is 17.0 Å². The Hall–Kier alpha value is -0.710. The zero-order chi connectivity index (χ0) is 10.7. The number of hydrogen-bond donors (Lipinski definition) is 1. The molecule has 80 valence electrons. The van der Waals surface area contributed by atoms with E-state index >= 15 is 0 Å². The maximum absolute atomic E-state index is 5.48. The topological polar surface area (TPSA) is 38.9 Å². The lowest BCUT2D eigenvalue weighted by Gasteiger charge is -1.92. The number of aryl methyl sites for hydroxylation is 2. The summed E-state index contributed by atoms with van der Waals surface area (Å²) in [6, 6.07) is 4.28. The minimum Gasteiger partial charge on any atom is -0.330 e. The molecule has 0 bridgehead atoms. The van der Waals surface area contributed by atoms with E-state index in [1.54, 1.807) is 22.7 Å². The summed E-state index contributed by atoms with van der Waals surface area (Å²) in [5.74, 6) is 0. The van der Waals surface area contributed by atoms with Crippen LogP contribution in [0.25, 0.3) is 9.88 Å². The van der Waals surface area contributed by atoms with Gasteiger partial charge in [-0.1, -0.05) is 0 Å². The molecule has 0 spiro atoms. The first-order chi connectivity index (χ1) is 7.29. The normalized spacial score (nSPS) is 10.8. The smallest absolute Gasteiger partial charge is 0.133 e. The summed E-state index contributed by atoms with van der Waals surface area (Å²) in [7, 11) is 0. The van der Waals surface area contributed by atoms with Crippen LogP contribution in [0.5, 0.6) is 0 Å². The molecule has 2 nitrogen and oxygen atoms in total. The number of rotatable bonds is 4. The molecule has 2 heterocycles.